The molecule has 1 unspecified atom stereocenters. The average Bonchev–Trinajstić information content (AvgIpc) is 3.10. The second kappa shape index (κ2) is 7.42. The first-order valence-electron chi connectivity index (χ1n) is 8.60. The van der Waals surface area contributed by atoms with Crippen LogP contribution in [-0.4, -0.2) is 39.8 Å². The third-order valence-corrected chi connectivity index (χ3v) is 4.91. The molecular weight excluding hydrogens is 364 g/mol. The van der Waals surface area contributed by atoms with Gasteiger partial charge in [-0.1, -0.05) is 29.8 Å². The number of aliphatic hydroxyl groups excluding tert-OH is 1. The zero-order valence-corrected chi connectivity index (χ0v) is 15.5. The molecule has 2 aromatic carbocycles. The summed E-state index contributed by atoms with van der Waals surface area (Å²) in [5.41, 5.74) is 2.93. The van der Waals surface area contributed by atoms with Crippen LogP contribution in [0, 0.1) is 0 Å². The summed E-state index contributed by atoms with van der Waals surface area (Å²) >= 11 is 6.26. The molecule has 138 valence electrons. The first-order chi connectivity index (χ1) is 13.2. The Hall–Kier alpha value is -2.83. The third kappa shape index (κ3) is 3.41. The van der Waals surface area contributed by atoms with E-state index in [-0.39, 0.29) is 12.6 Å². The zero-order chi connectivity index (χ0) is 18.8. The van der Waals surface area contributed by atoms with Crippen LogP contribution >= 0.6 is 11.6 Å². The highest BCUT2D eigenvalue weighted by molar-refractivity contribution is 6.33. The Morgan fingerprint density at radius 1 is 1.22 bits per heavy atom. The number of halogens is 1. The zero-order valence-electron chi connectivity index (χ0n) is 14.7. The molecule has 2 heterocycles. The smallest absolute Gasteiger partial charge is 0.139 e. The van der Waals surface area contributed by atoms with Gasteiger partial charge in [0.25, 0.3) is 0 Å². The number of fused-ring (bicyclic) bond motifs is 2. The first-order valence-corrected chi connectivity index (χ1v) is 8.98. The van der Waals surface area contributed by atoms with Crippen molar-refractivity contribution in [2.75, 3.05) is 19.0 Å². The molecule has 27 heavy (non-hydrogen) atoms. The van der Waals surface area contributed by atoms with E-state index < -0.39 is 0 Å². The molecule has 0 radical (unpaired) electrons. The number of aliphatic hydroxyl groups is 1. The van der Waals surface area contributed by atoms with Gasteiger partial charge in [-0.3, -0.25) is 0 Å². The highest BCUT2D eigenvalue weighted by Crippen LogP contribution is 2.32. The molecule has 4 aromatic rings. The summed E-state index contributed by atoms with van der Waals surface area (Å²) in [5, 5.41) is 15.6. The summed E-state index contributed by atoms with van der Waals surface area (Å²) in [6.45, 7) is -0.0328. The minimum absolute atomic E-state index is 0.0328. The van der Waals surface area contributed by atoms with Crippen LogP contribution in [0.4, 0.5) is 5.82 Å². The normalized spacial score (nSPS) is 12.4. The lowest BCUT2D eigenvalue weighted by Gasteiger charge is -2.18. The fourth-order valence-corrected chi connectivity index (χ4v) is 3.49. The fourth-order valence-electron chi connectivity index (χ4n) is 3.25. The molecule has 2 aromatic heterocycles. The number of ether oxygens (including phenoxy) is 1. The molecule has 0 bridgehead atoms. The Morgan fingerprint density at radius 2 is 2.07 bits per heavy atom. The van der Waals surface area contributed by atoms with Crippen LogP contribution < -0.4 is 10.1 Å². The number of hydrogen-bond donors (Lipinski definition) is 3. The van der Waals surface area contributed by atoms with Crippen molar-refractivity contribution < 1.29 is 9.84 Å². The Labute approximate surface area is 161 Å². The Balaban J connectivity index is 1.64. The van der Waals surface area contributed by atoms with Crippen LogP contribution in [0.5, 0.6) is 5.75 Å². The fraction of sp³-hybridized carbons (Fsp3) is 0.200. The van der Waals surface area contributed by atoms with Crippen molar-refractivity contribution >= 4 is 39.2 Å². The summed E-state index contributed by atoms with van der Waals surface area (Å²) in [6.07, 6.45) is 4.11. The summed E-state index contributed by atoms with van der Waals surface area (Å²) in [7, 11) is 1.57. The van der Waals surface area contributed by atoms with E-state index in [0.717, 1.165) is 27.4 Å². The summed E-state index contributed by atoms with van der Waals surface area (Å²) < 4.78 is 5.25. The largest absolute Gasteiger partial charge is 0.495 e. The molecule has 7 heteroatoms. The number of nitrogens with zero attached hydrogens (tertiary/aromatic N) is 2. The number of nitrogens with one attached hydrogen (secondary N) is 2. The Morgan fingerprint density at radius 3 is 2.89 bits per heavy atom. The molecule has 0 saturated heterocycles. The van der Waals surface area contributed by atoms with Crippen molar-refractivity contribution in [1.82, 2.24) is 15.0 Å². The number of anilines is 1. The molecule has 0 amide bonds. The monoisotopic (exact) mass is 382 g/mol. The van der Waals surface area contributed by atoms with Crippen molar-refractivity contribution in [3.8, 4) is 5.75 Å². The molecule has 0 saturated carbocycles. The standard InChI is InChI=1S/C20H19ClN4O2/c1-27-19-8-18-15(7-16(19)21)20(24-11-23-18)25-13(10-26)6-12-9-22-17-5-3-2-4-14(12)17/h2-5,7-9,11,13,22,26H,6,10H2,1H3,(H,23,24,25). The van der Waals surface area contributed by atoms with Crippen LogP contribution in [0.25, 0.3) is 21.8 Å². The number of aromatic nitrogens is 3. The SMILES string of the molecule is COc1cc2ncnc(NC(CO)Cc3c[nH]c4ccccc34)c2cc1Cl. The van der Waals surface area contributed by atoms with E-state index in [1.54, 1.807) is 19.2 Å². The maximum absolute atomic E-state index is 9.90. The van der Waals surface area contributed by atoms with Crippen molar-refractivity contribution in [1.29, 1.82) is 0 Å². The van der Waals surface area contributed by atoms with E-state index in [0.29, 0.717) is 23.0 Å². The van der Waals surface area contributed by atoms with Crippen LogP contribution in [-0.2, 0) is 6.42 Å². The molecule has 6 nitrogen and oxygen atoms in total. The summed E-state index contributed by atoms with van der Waals surface area (Å²) in [6, 6.07) is 11.5. The van der Waals surface area contributed by atoms with Gasteiger partial charge in [0, 0.05) is 28.6 Å². The van der Waals surface area contributed by atoms with Crippen molar-refractivity contribution in [2.24, 2.45) is 0 Å². The highest BCUT2D eigenvalue weighted by Gasteiger charge is 2.15. The Bertz CT molecular complexity index is 1100. The number of hydrogen-bond acceptors (Lipinski definition) is 5. The molecular formula is C20H19ClN4O2. The minimum atomic E-state index is -0.205. The summed E-state index contributed by atoms with van der Waals surface area (Å²) in [5.74, 6) is 1.19. The molecule has 0 aliphatic rings. The van der Waals surface area contributed by atoms with E-state index in [4.69, 9.17) is 16.3 Å². The average molecular weight is 383 g/mol. The van der Waals surface area contributed by atoms with Gasteiger partial charge in [0.05, 0.1) is 30.3 Å². The van der Waals surface area contributed by atoms with Crippen LogP contribution in [0.1, 0.15) is 5.56 Å². The van der Waals surface area contributed by atoms with Crippen molar-refractivity contribution in [2.45, 2.75) is 12.5 Å². The maximum Gasteiger partial charge on any atom is 0.139 e. The lowest BCUT2D eigenvalue weighted by Crippen LogP contribution is -2.27. The third-order valence-electron chi connectivity index (χ3n) is 4.61. The van der Waals surface area contributed by atoms with Crippen LogP contribution in [0.3, 0.4) is 0 Å². The second-order valence-corrected chi connectivity index (χ2v) is 6.72. The van der Waals surface area contributed by atoms with Gasteiger partial charge in [-0.15, -0.1) is 0 Å². The molecule has 4 rings (SSSR count). The minimum Gasteiger partial charge on any atom is -0.495 e. The van der Waals surface area contributed by atoms with Crippen LogP contribution in [0.2, 0.25) is 5.02 Å². The van der Waals surface area contributed by atoms with E-state index in [1.165, 1.54) is 6.33 Å². The molecule has 0 spiro atoms. The Kier molecular flexibility index (Phi) is 4.83. The van der Waals surface area contributed by atoms with Gasteiger partial charge in [0.1, 0.15) is 17.9 Å². The summed E-state index contributed by atoms with van der Waals surface area (Å²) in [4.78, 5) is 11.9. The molecule has 0 aliphatic heterocycles. The predicted octanol–water partition coefficient (Wildman–Crippen LogP) is 3.79. The predicted molar refractivity (Wildman–Crippen MR) is 108 cm³/mol. The van der Waals surface area contributed by atoms with Crippen LogP contribution in [0.15, 0.2) is 48.9 Å². The van der Waals surface area contributed by atoms with Crippen molar-refractivity contribution in [3.05, 3.63) is 59.5 Å². The van der Waals surface area contributed by atoms with Gasteiger partial charge >= 0.3 is 0 Å². The molecule has 1 atom stereocenters. The van der Waals surface area contributed by atoms with Gasteiger partial charge in [-0.25, -0.2) is 9.97 Å². The van der Waals surface area contributed by atoms with Gasteiger partial charge in [-0.05, 0) is 24.1 Å². The first kappa shape index (κ1) is 17.6. The number of H-pyrrole nitrogens is 1. The molecule has 0 fully saturated rings. The molecule has 0 aliphatic carbocycles. The maximum atomic E-state index is 9.90. The van der Waals surface area contributed by atoms with E-state index in [2.05, 4.69) is 26.3 Å². The van der Waals surface area contributed by atoms with E-state index in [9.17, 15) is 5.11 Å². The second-order valence-electron chi connectivity index (χ2n) is 6.31. The topological polar surface area (TPSA) is 83.1 Å². The van der Waals surface area contributed by atoms with Crippen molar-refractivity contribution in [3.63, 3.8) is 0 Å². The van der Waals surface area contributed by atoms with E-state index >= 15 is 0 Å². The van der Waals surface area contributed by atoms with Gasteiger partial charge in [0.15, 0.2) is 0 Å². The number of rotatable bonds is 6. The van der Waals surface area contributed by atoms with Gasteiger partial charge in [-0.2, -0.15) is 0 Å². The quantitative estimate of drug-likeness (QED) is 0.472. The van der Waals surface area contributed by atoms with E-state index in [1.807, 2.05) is 24.4 Å². The highest BCUT2D eigenvalue weighted by atomic mass is 35.5. The molecule has 3 N–H and O–H groups in total. The van der Waals surface area contributed by atoms with Gasteiger partial charge < -0.3 is 20.1 Å². The number of methoxy groups -OCH3 is 1. The number of benzene rings is 2. The number of para-hydroxylation sites is 1. The lowest BCUT2D eigenvalue weighted by molar-refractivity contribution is 0.274. The lowest BCUT2D eigenvalue weighted by atomic mass is 10.1. The number of aromatic amines is 1. The van der Waals surface area contributed by atoms with Gasteiger partial charge in [0.2, 0.25) is 0 Å².